The third-order valence-corrected chi connectivity index (χ3v) is 2.62. The Bertz CT molecular complexity index is 626. The molecule has 0 spiro atoms. The maximum Gasteiger partial charge on any atom is 0.271 e. The molecular weight excluding hydrogens is 265 g/mol. The second-order valence-corrected chi connectivity index (χ2v) is 4.58. The van der Waals surface area contributed by atoms with Crippen LogP contribution >= 0.6 is 0 Å². The molecule has 0 radical (unpaired) electrons. The van der Waals surface area contributed by atoms with Crippen molar-refractivity contribution in [3.05, 3.63) is 46.0 Å². The smallest absolute Gasteiger partial charge is 0.271 e. The molecule has 0 amide bonds. The van der Waals surface area contributed by atoms with Gasteiger partial charge >= 0.3 is 0 Å². The van der Waals surface area contributed by atoms with E-state index in [9.17, 15) is 14.5 Å². The van der Waals surface area contributed by atoms with Crippen molar-refractivity contribution in [1.29, 1.82) is 0 Å². The van der Waals surface area contributed by atoms with Crippen LogP contribution in [0.4, 0.5) is 10.1 Å². The lowest BCUT2D eigenvalue weighted by atomic mass is 10.2. The van der Waals surface area contributed by atoms with E-state index in [0.717, 1.165) is 18.2 Å². The Labute approximate surface area is 114 Å². The molecule has 2 rings (SSSR count). The van der Waals surface area contributed by atoms with Gasteiger partial charge in [0.05, 0.1) is 16.8 Å². The molecule has 1 aromatic heterocycles. The van der Waals surface area contributed by atoms with E-state index in [4.69, 9.17) is 0 Å². The van der Waals surface area contributed by atoms with Crippen molar-refractivity contribution in [3.8, 4) is 5.69 Å². The van der Waals surface area contributed by atoms with Gasteiger partial charge in [-0.1, -0.05) is 19.1 Å². The van der Waals surface area contributed by atoms with E-state index >= 15 is 0 Å². The monoisotopic (exact) mass is 279 g/mol. The Morgan fingerprint density at radius 1 is 1.50 bits per heavy atom. The lowest BCUT2D eigenvalue weighted by molar-refractivity contribution is -0.384. The van der Waals surface area contributed by atoms with Gasteiger partial charge in [-0.25, -0.2) is 9.07 Å². The minimum Gasteiger partial charge on any atom is -0.309 e. The summed E-state index contributed by atoms with van der Waals surface area (Å²) in [6, 6.07) is 3.57. The van der Waals surface area contributed by atoms with E-state index in [2.05, 4.69) is 15.6 Å². The molecule has 0 aliphatic rings. The van der Waals surface area contributed by atoms with Crippen LogP contribution in [0.25, 0.3) is 5.69 Å². The number of rotatable bonds is 5. The molecule has 1 heterocycles. The van der Waals surface area contributed by atoms with E-state index < -0.39 is 10.7 Å². The van der Waals surface area contributed by atoms with E-state index in [1.54, 1.807) is 0 Å². The van der Waals surface area contributed by atoms with Crippen molar-refractivity contribution in [2.45, 2.75) is 26.4 Å². The molecule has 0 aliphatic carbocycles. The van der Waals surface area contributed by atoms with Gasteiger partial charge in [0.1, 0.15) is 11.5 Å². The molecule has 1 N–H and O–H groups in total. The fraction of sp³-hybridized carbons (Fsp3) is 0.333. The van der Waals surface area contributed by atoms with Crippen LogP contribution in [-0.2, 0) is 6.54 Å². The van der Waals surface area contributed by atoms with Gasteiger partial charge < -0.3 is 5.32 Å². The van der Waals surface area contributed by atoms with Crippen LogP contribution in [0.15, 0.2) is 24.4 Å². The summed E-state index contributed by atoms with van der Waals surface area (Å²) in [5.74, 6) is -0.594. The Kier molecular flexibility index (Phi) is 4.04. The number of benzene rings is 1. The molecule has 0 unspecified atom stereocenters. The molecule has 1 aromatic carbocycles. The fourth-order valence-corrected chi connectivity index (χ4v) is 1.60. The molecule has 0 aliphatic heterocycles. The Balaban J connectivity index is 2.27. The van der Waals surface area contributed by atoms with Gasteiger partial charge in [-0.2, -0.15) is 0 Å². The van der Waals surface area contributed by atoms with E-state index in [0.29, 0.717) is 12.2 Å². The van der Waals surface area contributed by atoms with Crippen LogP contribution in [0.2, 0.25) is 0 Å². The third kappa shape index (κ3) is 3.15. The number of nitrogens with one attached hydrogen (secondary N) is 1. The first-order chi connectivity index (χ1) is 9.47. The van der Waals surface area contributed by atoms with Crippen molar-refractivity contribution in [2.24, 2.45) is 0 Å². The van der Waals surface area contributed by atoms with Crippen LogP contribution in [0, 0.1) is 15.9 Å². The zero-order valence-corrected chi connectivity index (χ0v) is 11.1. The van der Waals surface area contributed by atoms with Gasteiger partial charge in [0.2, 0.25) is 0 Å². The third-order valence-electron chi connectivity index (χ3n) is 2.62. The second-order valence-electron chi connectivity index (χ2n) is 4.58. The number of non-ortho nitro benzene ring substituents is 1. The molecule has 8 heteroatoms. The van der Waals surface area contributed by atoms with E-state index in [-0.39, 0.29) is 17.4 Å². The molecule has 0 saturated heterocycles. The summed E-state index contributed by atoms with van der Waals surface area (Å²) in [7, 11) is 0. The summed E-state index contributed by atoms with van der Waals surface area (Å²) >= 11 is 0. The molecule has 7 nitrogen and oxygen atoms in total. The van der Waals surface area contributed by atoms with Crippen LogP contribution in [-0.4, -0.2) is 26.0 Å². The van der Waals surface area contributed by atoms with Crippen LogP contribution in [0.5, 0.6) is 0 Å². The summed E-state index contributed by atoms with van der Waals surface area (Å²) in [6.07, 6.45) is 1.54. The zero-order valence-electron chi connectivity index (χ0n) is 11.1. The Morgan fingerprint density at radius 3 is 2.90 bits per heavy atom. The number of hydrogen-bond acceptors (Lipinski definition) is 5. The molecule has 2 aromatic rings. The number of aromatic nitrogens is 3. The van der Waals surface area contributed by atoms with Crippen molar-refractivity contribution >= 4 is 5.69 Å². The lowest BCUT2D eigenvalue weighted by Crippen LogP contribution is -2.21. The Morgan fingerprint density at radius 2 is 2.25 bits per heavy atom. The van der Waals surface area contributed by atoms with Crippen molar-refractivity contribution in [3.63, 3.8) is 0 Å². The van der Waals surface area contributed by atoms with Gasteiger partial charge in [0, 0.05) is 24.7 Å². The van der Waals surface area contributed by atoms with Crippen LogP contribution < -0.4 is 5.32 Å². The average molecular weight is 279 g/mol. The summed E-state index contributed by atoms with van der Waals surface area (Å²) in [5.41, 5.74) is 0.436. The molecule has 0 bridgehead atoms. The topological polar surface area (TPSA) is 85.9 Å². The van der Waals surface area contributed by atoms with Crippen molar-refractivity contribution < 1.29 is 9.31 Å². The number of nitro benzene ring substituents is 1. The molecule has 0 saturated carbocycles. The lowest BCUT2D eigenvalue weighted by Gasteiger charge is -2.04. The standard InChI is InChI=1S/C12H14FN5O2/c1-8(2)14-6-9-7-17(16-15-9)12-5-10(18(19)20)3-4-11(12)13/h3-5,7-8,14H,6H2,1-2H3. The predicted molar refractivity (Wildman–Crippen MR) is 69.9 cm³/mol. The van der Waals surface area contributed by atoms with Gasteiger partial charge in [0.25, 0.3) is 5.69 Å². The number of hydrogen-bond donors (Lipinski definition) is 1. The fourth-order valence-electron chi connectivity index (χ4n) is 1.60. The largest absolute Gasteiger partial charge is 0.309 e. The highest BCUT2D eigenvalue weighted by atomic mass is 19.1. The minimum absolute atomic E-state index is 0.00231. The quantitative estimate of drug-likeness (QED) is 0.666. The summed E-state index contributed by atoms with van der Waals surface area (Å²) < 4.78 is 14.9. The van der Waals surface area contributed by atoms with Crippen molar-refractivity contribution in [1.82, 2.24) is 20.3 Å². The van der Waals surface area contributed by atoms with Gasteiger partial charge in [-0.05, 0) is 6.07 Å². The Hall–Kier alpha value is -2.35. The molecule has 106 valence electrons. The highest BCUT2D eigenvalue weighted by Crippen LogP contribution is 2.19. The maximum absolute atomic E-state index is 13.7. The van der Waals surface area contributed by atoms with Gasteiger partial charge in [-0.3, -0.25) is 10.1 Å². The molecular formula is C12H14FN5O2. The molecule has 20 heavy (non-hydrogen) atoms. The highest BCUT2D eigenvalue weighted by Gasteiger charge is 2.14. The van der Waals surface area contributed by atoms with E-state index in [1.807, 2.05) is 13.8 Å². The summed E-state index contributed by atoms with van der Waals surface area (Å²) in [4.78, 5) is 10.1. The van der Waals surface area contributed by atoms with Crippen LogP contribution in [0.3, 0.4) is 0 Å². The molecule has 0 atom stereocenters. The first kappa shape index (κ1) is 14.1. The van der Waals surface area contributed by atoms with Gasteiger partial charge in [-0.15, -0.1) is 5.10 Å². The van der Waals surface area contributed by atoms with Crippen molar-refractivity contribution in [2.75, 3.05) is 0 Å². The average Bonchev–Trinajstić information content (AvgIpc) is 2.85. The first-order valence-corrected chi connectivity index (χ1v) is 6.06. The predicted octanol–water partition coefficient (Wildman–Crippen LogP) is 1.81. The number of nitro groups is 1. The highest BCUT2D eigenvalue weighted by molar-refractivity contribution is 5.43. The minimum atomic E-state index is -0.594. The van der Waals surface area contributed by atoms with Crippen LogP contribution in [0.1, 0.15) is 19.5 Å². The number of halogens is 1. The molecule has 0 fully saturated rings. The van der Waals surface area contributed by atoms with Gasteiger partial charge in [0.15, 0.2) is 0 Å². The normalized spacial score (nSPS) is 11.0. The SMILES string of the molecule is CC(C)NCc1cn(-c2cc([N+](=O)[O-])ccc2F)nn1. The second kappa shape index (κ2) is 5.74. The maximum atomic E-state index is 13.7. The number of nitrogens with zero attached hydrogens (tertiary/aromatic N) is 4. The summed E-state index contributed by atoms with van der Waals surface area (Å²) in [6.45, 7) is 4.48. The van der Waals surface area contributed by atoms with E-state index in [1.165, 1.54) is 10.9 Å². The zero-order chi connectivity index (χ0) is 14.7. The summed E-state index contributed by atoms with van der Waals surface area (Å²) in [5, 5.41) is 21.5. The first-order valence-electron chi connectivity index (χ1n) is 6.06.